The summed E-state index contributed by atoms with van der Waals surface area (Å²) in [6, 6.07) is 0. The first-order chi connectivity index (χ1) is 28.6. The molecule has 1 rings (SSSR count). The van der Waals surface area contributed by atoms with E-state index in [0.29, 0.717) is 36.7 Å². The van der Waals surface area contributed by atoms with Crippen LogP contribution in [0.4, 0.5) is 0 Å². The number of ketones is 1. The number of rotatable bonds is 35. The lowest BCUT2D eigenvalue weighted by atomic mass is 9.87. The summed E-state index contributed by atoms with van der Waals surface area (Å²) in [6.45, 7) is 3.69. The number of carbonyl (C=O) groups excluding carboxylic acids is 3. The van der Waals surface area contributed by atoms with Crippen LogP contribution in [0.1, 0.15) is 129 Å². The van der Waals surface area contributed by atoms with Crippen LogP contribution in [-0.4, -0.2) is 114 Å². The Hall–Kier alpha value is -2.74. The number of quaternary nitrogens is 1. The predicted molar refractivity (Wildman–Crippen MR) is 236 cm³/mol. The molecule has 0 aromatic rings. The average Bonchev–Trinajstić information content (AvgIpc) is 3.44. The first kappa shape index (κ1) is 55.3. The van der Waals surface area contributed by atoms with Crippen LogP contribution in [0.2, 0.25) is 0 Å². The molecule has 0 spiro atoms. The fourth-order valence-electron chi connectivity index (χ4n) is 6.47. The quantitative estimate of drug-likeness (QED) is 0.0158. The van der Waals surface area contributed by atoms with Crippen LogP contribution >= 0.6 is 7.82 Å². The van der Waals surface area contributed by atoms with E-state index in [9.17, 15) is 39.2 Å². The molecule has 7 atom stereocenters. The zero-order valence-electron chi connectivity index (χ0n) is 37.2. The van der Waals surface area contributed by atoms with Crippen molar-refractivity contribution in [1.29, 1.82) is 0 Å². The Bertz CT molecular complexity index is 1390. The van der Waals surface area contributed by atoms with Gasteiger partial charge in [0.05, 0.1) is 46.1 Å². The Morgan fingerprint density at radius 3 is 2.03 bits per heavy atom. The Morgan fingerprint density at radius 2 is 1.38 bits per heavy atom. The lowest BCUT2D eigenvalue weighted by Crippen LogP contribution is -2.37. The second-order valence-corrected chi connectivity index (χ2v) is 18.1. The van der Waals surface area contributed by atoms with Crippen LogP contribution in [0.15, 0.2) is 60.8 Å². The minimum Gasteiger partial charge on any atom is -0.462 e. The maximum Gasteiger partial charge on any atom is 0.472 e. The second-order valence-electron chi connectivity index (χ2n) is 16.7. The molecule has 0 amide bonds. The maximum absolute atomic E-state index is 12.9. The molecule has 1 fully saturated rings. The number of phosphoric acid groups is 1. The fourth-order valence-corrected chi connectivity index (χ4v) is 7.21. The molecule has 1 aliphatic rings. The van der Waals surface area contributed by atoms with Crippen LogP contribution in [0.25, 0.3) is 0 Å². The summed E-state index contributed by atoms with van der Waals surface area (Å²) in [6.07, 6.45) is 27.7. The highest BCUT2D eigenvalue weighted by molar-refractivity contribution is 7.47. The van der Waals surface area contributed by atoms with Gasteiger partial charge in [0, 0.05) is 43.9 Å². The van der Waals surface area contributed by atoms with E-state index in [1.807, 2.05) is 21.1 Å². The van der Waals surface area contributed by atoms with Gasteiger partial charge in [-0.25, -0.2) is 4.57 Å². The number of allylic oxidation sites excluding steroid dienone is 8. The number of Topliss-reactive ketones (excluding diaryl/α,β-unsaturated/α-hetero) is 1. The van der Waals surface area contributed by atoms with E-state index in [1.165, 1.54) is 0 Å². The molecule has 1 aliphatic carbocycles. The standard InChI is InChI=1S/C46H78NO12P/c1-6-8-10-11-12-13-14-15-16-17-18-19-20-21-23-29-46(53)59-40(37-58-60(54,55)57-33-32-47(3,4)5)36-56-45(52)28-25-24-27-39(49)34-42-41(43(50)35-44(42)51)31-30-38(48)26-22-9-7-2/h8,10,12-13,15-16,18-19,30-31,38,40-44,48,50-51H,6-7,9,11,14,17,20-29,32-37H2,1-5H3/p+1/b10-8-,13-12-,16-15-,19-18-,31-30+/t38-,40+,41+,42+,43+,44-/m0/s1. The third-order valence-corrected chi connectivity index (χ3v) is 11.0. The van der Waals surface area contributed by atoms with Gasteiger partial charge in [-0.05, 0) is 64.2 Å². The van der Waals surface area contributed by atoms with Gasteiger partial charge in [0.25, 0.3) is 0 Å². The lowest BCUT2D eigenvalue weighted by Gasteiger charge is -2.24. The van der Waals surface area contributed by atoms with Gasteiger partial charge < -0.3 is 34.2 Å². The van der Waals surface area contributed by atoms with Gasteiger partial charge in [0.15, 0.2) is 6.10 Å². The second kappa shape index (κ2) is 32.9. The van der Waals surface area contributed by atoms with Crippen molar-refractivity contribution in [2.75, 3.05) is 47.5 Å². The van der Waals surface area contributed by atoms with Crippen molar-refractivity contribution in [3.63, 3.8) is 0 Å². The molecule has 0 aromatic heterocycles. The van der Waals surface area contributed by atoms with E-state index in [0.717, 1.165) is 57.8 Å². The van der Waals surface area contributed by atoms with Crippen molar-refractivity contribution in [2.24, 2.45) is 11.8 Å². The Morgan fingerprint density at radius 1 is 0.767 bits per heavy atom. The van der Waals surface area contributed by atoms with E-state index >= 15 is 0 Å². The number of aliphatic hydroxyl groups is 3. The molecule has 1 saturated carbocycles. The molecule has 13 nitrogen and oxygen atoms in total. The first-order valence-electron chi connectivity index (χ1n) is 22.2. The van der Waals surface area contributed by atoms with Gasteiger partial charge >= 0.3 is 19.8 Å². The number of hydrogen-bond donors (Lipinski definition) is 4. The predicted octanol–water partition coefficient (Wildman–Crippen LogP) is 8.02. The lowest BCUT2D eigenvalue weighted by molar-refractivity contribution is -0.870. The highest BCUT2D eigenvalue weighted by atomic mass is 31.2. The van der Waals surface area contributed by atoms with E-state index in [4.69, 9.17) is 18.5 Å². The number of aliphatic hydroxyl groups excluding tert-OH is 3. The van der Waals surface area contributed by atoms with Crippen molar-refractivity contribution in [3.05, 3.63) is 60.8 Å². The number of likely N-dealkylation sites (N-methyl/N-ethyl adjacent to an activating group) is 1. The summed E-state index contributed by atoms with van der Waals surface area (Å²) >= 11 is 0. The summed E-state index contributed by atoms with van der Waals surface area (Å²) in [5.41, 5.74) is 0. The first-order valence-corrected chi connectivity index (χ1v) is 23.7. The normalized spacial score (nSPS) is 20.8. The summed E-state index contributed by atoms with van der Waals surface area (Å²) in [5, 5.41) is 31.3. The molecule has 14 heteroatoms. The SMILES string of the molecule is CC/C=C\C/C=C\C/C=C\C/C=C\CCCCC(=O)O[C@H](COC(=O)CCCCC(=O)C[C@@H]1[C@@H](/C=C/[C@@H](O)CCCCC)[C@H](O)C[C@@H]1O)COP(=O)(O)OCC[N+](C)(C)C. The zero-order valence-corrected chi connectivity index (χ0v) is 38.1. The summed E-state index contributed by atoms with van der Waals surface area (Å²) in [7, 11) is 1.24. The van der Waals surface area contributed by atoms with Crippen molar-refractivity contribution in [3.8, 4) is 0 Å². The highest BCUT2D eigenvalue weighted by Crippen LogP contribution is 2.43. The third-order valence-electron chi connectivity index (χ3n) is 10.0. The van der Waals surface area contributed by atoms with Gasteiger partial charge in [-0.3, -0.25) is 23.4 Å². The minimum absolute atomic E-state index is 0.00912. The molecule has 344 valence electrons. The maximum atomic E-state index is 12.9. The minimum atomic E-state index is -4.48. The molecule has 0 radical (unpaired) electrons. The molecule has 0 aliphatic heterocycles. The molecular weight excluding hydrogens is 789 g/mol. The molecule has 0 heterocycles. The van der Waals surface area contributed by atoms with Crippen LogP contribution in [0.5, 0.6) is 0 Å². The van der Waals surface area contributed by atoms with Crippen molar-refractivity contribution in [2.45, 2.75) is 154 Å². The van der Waals surface area contributed by atoms with Gasteiger partial charge in [-0.1, -0.05) is 93.9 Å². The van der Waals surface area contributed by atoms with Crippen molar-refractivity contribution >= 4 is 25.5 Å². The number of hydrogen-bond acceptors (Lipinski definition) is 11. The van der Waals surface area contributed by atoms with Crippen LogP contribution in [0.3, 0.4) is 0 Å². The van der Waals surface area contributed by atoms with E-state index in [1.54, 1.807) is 12.2 Å². The van der Waals surface area contributed by atoms with Gasteiger partial charge in [0.1, 0.15) is 25.5 Å². The summed E-state index contributed by atoms with van der Waals surface area (Å²) < 4.78 is 34.1. The third kappa shape index (κ3) is 29.5. The van der Waals surface area contributed by atoms with E-state index < -0.39 is 69.2 Å². The Kier molecular flexibility index (Phi) is 30.3. The van der Waals surface area contributed by atoms with Crippen LogP contribution in [0, 0.1) is 11.8 Å². The summed E-state index contributed by atoms with van der Waals surface area (Å²) in [4.78, 5) is 48.4. The average molecular weight is 869 g/mol. The summed E-state index contributed by atoms with van der Waals surface area (Å²) in [5.74, 6) is -2.13. The topological polar surface area (TPSA) is 186 Å². The molecule has 1 unspecified atom stereocenters. The molecule has 0 bridgehead atoms. The number of nitrogens with zero attached hydrogens (tertiary/aromatic N) is 1. The number of esters is 2. The number of unbranched alkanes of at least 4 members (excludes halogenated alkanes) is 5. The van der Waals surface area contributed by atoms with Crippen LogP contribution in [-0.2, 0) is 37.5 Å². The van der Waals surface area contributed by atoms with Gasteiger partial charge in [-0.15, -0.1) is 0 Å². The van der Waals surface area contributed by atoms with Gasteiger partial charge in [0.2, 0.25) is 0 Å². The molecular formula is C46H79NO12P+. The smallest absolute Gasteiger partial charge is 0.462 e. The largest absolute Gasteiger partial charge is 0.472 e. The monoisotopic (exact) mass is 869 g/mol. The number of carbonyl (C=O) groups is 3. The Balaban J connectivity index is 2.56. The van der Waals surface area contributed by atoms with E-state index in [-0.39, 0.29) is 44.5 Å². The molecule has 0 saturated heterocycles. The van der Waals surface area contributed by atoms with Crippen LogP contribution < -0.4 is 0 Å². The Labute approximate surface area is 360 Å². The van der Waals surface area contributed by atoms with Crippen molar-refractivity contribution in [1.82, 2.24) is 0 Å². The number of phosphoric ester groups is 1. The zero-order chi connectivity index (χ0) is 44.7. The fraction of sp³-hybridized carbons (Fsp3) is 0.717. The molecule has 60 heavy (non-hydrogen) atoms. The van der Waals surface area contributed by atoms with E-state index in [2.05, 4.69) is 62.5 Å². The number of ether oxygens (including phenoxy) is 2. The van der Waals surface area contributed by atoms with Gasteiger partial charge in [-0.2, -0.15) is 0 Å². The van der Waals surface area contributed by atoms with Crippen molar-refractivity contribution < 1.29 is 62.2 Å². The molecule has 0 aromatic carbocycles. The highest BCUT2D eigenvalue weighted by Gasteiger charge is 2.41. The molecule has 4 N–H and O–H groups in total.